The Hall–Kier alpha value is -0.505. The van der Waals surface area contributed by atoms with Gasteiger partial charge in [0, 0.05) is 9.99 Å². The van der Waals surface area contributed by atoms with Crippen LogP contribution < -0.4 is 5.46 Å². The number of halogens is 1. The van der Waals surface area contributed by atoms with Gasteiger partial charge in [0.05, 0.1) is 11.2 Å². The zero-order valence-corrected chi connectivity index (χ0v) is 14.9. The van der Waals surface area contributed by atoms with Gasteiger partial charge >= 0.3 is 7.12 Å². The summed E-state index contributed by atoms with van der Waals surface area (Å²) >= 11 is 2.34. The Kier molecular flexibility index (Phi) is 4.26. The van der Waals surface area contributed by atoms with Crippen molar-refractivity contribution in [3.63, 3.8) is 0 Å². The highest BCUT2D eigenvalue weighted by Crippen LogP contribution is 2.36. The lowest BCUT2D eigenvalue weighted by Crippen LogP contribution is -2.41. The maximum atomic E-state index is 6.14. The smallest absolute Gasteiger partial charge is 0.399 e. The average molecular weight is 382 g/mol. The molecule has 2 nitrogen and oxygen atoms in total. The van der Waals surface area contributed by atoms with E-state index in [1.165, 1.54) is 9.13 Å². The first-order valence-corrected chi connectivity index (χ1v) is 7.84. The molecule has 4 heteroatoms. The zero-order valence-electron chi connectivity index (χ0n) is 12.7. The molecular formula is C16H20BIO2. The van der Waals surface area contributed by atoms with E-state index >= 15 is 0 Å². The quantitative estimate of drug-likeness (QED) is 0.445. The van der Waals surface area contributed by atoms with Crippen LogP contribution in [0.3, 0.4) is 0 Å². The molecule has 1 fully saturated rings. The molecule has 0 N–H and O–H groups in total. The molecule has 1 saturated heterocycles. The molecule has 1 aromatic rings. The molecule has 1 heterocycles. The minimum atomic E-state index is -0.328. The predicted octanol–water partition coefficient (Wildman–Crippen LogP) is 3.07. The molecule has 1 aliphatic heterocycles. The highest BCUT2D eigenvalue weighted by atomic mass is 127. The molecule has 0 atom stereocenters. The number of benzene rings is 1. The Morgan fingerprint density at radius 3 is 2.25 bits per heavy atom. The summed E-state index contributed by atoms with van der Waals surface area (Å²) in [6, 6.07) is 4.24. The largest absolute Gasteiger partial charge is 0.495 e. The number of hydrogen-bond acceptors (Lipinski definition) is 2. The van der Waals surface area contributed by atoms with Crippen LogP contribution in [-0.4, -0.2) is 18.3 Å². The molecular weight excluding hydrogens is 362 g/mol. The maximum Gasteiger partial charge on any atom is 0.495 e. The van der Waals surface area contributed by atoms with E-state index in [1.807, 2.05) is 0 Å². The molecule has 0 unspecified atom stereocenters. The lowest BCUT2D eigenvalue weighted by Gasteiger charge is -2.32. The SMILES string of the molecule is C#CCc1cc(I)c(C)c(B2OC(C)(C)C(C)(C)O2)c1. The van der Waals surface area contributed by atoms with Crippen molar-refractivity contribution >= 4 is 35.2 Å². The molecule has 1 aromatic carbocycles. The van der Waals surface area contributed by atoms with Crippen molar-refractivity contribution in [3.05, 3.63) is 26.8 Å². The first-order valence-electron chi connectivity index (χ1n) is 6.76. The topological polar surface area (TPSA) is 18.5 Å². The number of terminal acetylenes is 1. The summed E-state index contributed by atoms with van der Waals surface area (Å²) in [5.41, 5.74) is 2.77. The van der Waals surface area contributed by atoms with Crippen molar-refractivity contribution < 1.29 is 9.31 Å². The standard InChI is InChI=1S/C16H20BIO2/c1-7-8-12-9-13(11(2)14(18)10-12)17-19-15(3,4)16(5,6)20-17/h1,9-10H,8H2,2-6H3. The van der Waals surface area contributed by atoms with Gasteiger partial charge in [-0.15, -0.1) is 12.3 Å². The summed E-state index contributed by atoms with van der Waals surface area (Å²) in [5.74, 6) is 2.70. The van der Waals surface area contributed by atoms with Gasteiger partial charge in [-0.3, -0.25) is 0 Å². The highest BCUT2D eigenvalue weighted by molar-refractivity contribution is 14.1. The molecule has 20 heavy (non-hydrogen) atoms. The van der Waals surface area contributed by atoms with E-state index in [9.17, 15) is 0 Å². The lowest BCUT2D eigenvalue weighted by atomic mass is 9.75. The first kappa shape index (κ1) is 15.9. The third-order valence-electron chi connectivity index (χ3n) is 4.26. The molecule has 1 aliphatic rings. The predicted molar refractivity (Wildman–Crippen MR) is 92.1 cm³/mol. The van der Waals surface area contributed by atoms with E-state index in [2.05, 4.69) is 75.3 Å². The molecule has 0 saturated carbocycles. The number of hydrogen-bond donors (Lipinski definition) is 0. The van der Waals surface area contributed by atoms with E-state index < -0.39 is 0 Å². The van der Waals surface area contributed by atoms with Crippen LogP contribution >= 0.6 is 22.6 Å². The minimum Gasteiger partial charge on any atom is -0.399 e. The first-order chi connectivity index (χ1) is 9.18. The maximum absolute atomic E-state index is 6.14. The van der Waals surface area contributed by atoms with Crippen LogP contribution in [0, 0.1) is 22.8 Å². The van der Waals surface area contributed by atoms with Crippen molar-refractivity contribution in [2.24, 2.45) is 0 Å². The van der Waals surface area contributed by atoms with Gasteiger partial charge in [0.25, 0.3) is 0 Å². The van der Waals surface area contributed by atoms with Crippen LogP contribution in [0.25, 0.3) is 0 Å². The fourth-order valence-electron chi connectivity index (χ4n) is 2.19. The van der Waals surface area contributed by atoms with E-state index in [1.54, 1.807) is 0 Å². The molecule has 0 aromatic heterocycles. The van der Waals surface area contributed by atoms with Gasteiger partial charge in [-0.25, -0.2) is 0 Å². The van der Waals surface area contributed by atoms with Crippen LogP contribution in [0.4, 0.5) is 0 Å². The van der Waals surface area contributed by atoms with Crippen molar-refractivity contribution in [3.8, 4) is 12.3 Å². The Labute approximate surface area is 135 Å². The zero-order chi connectivity index (χ0) is 15.1. The van der Waals surface area contributed by atoms with Crippen LogP contribution in [0.2, 0.25) is 0 Å². The van der Waals surface area contributed by atoms with E-state index in [0.717, 1.165) is 11.0 Å². The van der Waals surface area contributed by atoms with E-state index in [0.29, 0.717) is 6.42 Å². The molecule has 0 bridgehead atoms. The Bertz CT molecular complexity index is 557. The summed E-state index contributed by atoms with van der Waals surface area (Å²) in [5, 5.41) is 0. The van der Waals surface area contributed by atoms with Crippen molar-refractivity contribution in [1.29, 1.82) is 0 Å². The minimum absolute atomic E-state index is 0.322. The van der Waals surface area contributed by atoms with Gasteiger partial charge in [0.1, 0.15) is 0 Å². The van der Waals surface area contributed by atoms with Gasteiger partial charge in [0.15, 0.2) is 0 Å². The van der Waals surface area contributed by atoms with Gasteiger partial charge in [-0.05, 0) is 79.9 Å². The Morgan fingerprint density at radius 1 is 1.20 bits per heavy atom. The fourth-order valence-corrected chi connectivity index (χ4v) is 2.90. The fraction of sp³-hybridized carbons (Fsp3) is 0.500. The molecule has 0 spiro atoms. The van der Waals surface area contributed by atoms with Gasteiger partial charge in [-0.2, -0.15) is 0 Å². The van der Waals surface area contributed by atoms with E-state index in [4.69, 9.17) is 15.7 Å². The van der Waals surface area contributed by atoms with Crippen molar-refractivity contribution in [1.82, 2.24) is 0 Å². The molecule has 0 amide bonds. The summed E-state index contributed by atoms with van der Waals surface area (Å²) in [6.45, 7) is 10.4. The normalized spacial score (nSPS) is 19.9. The lowest BCUT2D eigenvalue weighted by molar-refractivity contribution is 0.00578. The molecule has 106 valence electrons. The molecule has 0 aliphatic carbocycles. The van der Waals surface area contributed by atoms with Crippen molar-refractivity contribution in [2.75, 3.05) is 0 Å². The van der Waals surface area contributed by atoms with Crippen LogP contribution in [0.1, 0.15) is 38.8 Å². The summed E-state index contributed by atoms with van der Waals surface area (Å²) in [7, 11) is -0.328. The van der Waals surface area contributed by atoms with Crippen LogP contribution in [0.5, 0.6) is 0 Å². The monoisotopic (exact) mass is 382 g/mol. The Morgan fingerprint density at radius 2 is 1.75 bits per heavy atom. The van der Waals surface area contributed by atoms with Gasteiger partial charge in [0.2, 0.25) is 0 Å². The number of rotatable bonds is 2. The highest BCUT2D eigenvalue weighted by Gasteiger charge is 2.52. The third-order valence-corrected chi connectivity index (χ3v) is 5.38. The molecule has 0 radical (unpaired) electrons. The summed E-state index contributed by atoms with van der Waals surface area (Å²) in [6.07, 6.45) is 6.05. The van der Waals surface area contributed by atoms with Crippen molar-refractivity contribution in [2.45, 2.75) is 52.2 Å². The summed E-state index contributed by atoms with van der Waals surface area (Å²) in [4.78, 5) is 0. The second kappa shape index (κ2) is 5.36. The van der Waals surface area contributed by atoms with Crippen LogP contribution in [0.15, 0.2) is 12.1 Å². The van der Waals surface area contributed by atoms with Gasteiger partial charge in [-0.1, -0.05) is 6.07 Å². The van der Waals surface area contributed by atoms with Crippen LogP contribution in [-0.2, 0) is 15.7 Å². The Balaban J connectivity index is 2.42. The van der Waals surface area contributed by atoms with Gasteiger partial charge < -0.3 is 9.31 Å². The van der Waals surface area contributed by atoms with E-state index in [-0.39, 0.29) is 18.3 Å². The second-order valence-corrected chi connectivity index (χ2v) is 7.42. The molecule has 2 rings (SSSR count). The average Bonchev–Trinajstić information content (AvgIpc) is 2.53. The summed E-state index contributed by atoms with van der Waals surface area (Å²) < 4.78 is 13.5. The second-order valence-electron chi connectivity index (χ2n) is 6.26. The third kappa shape index (κ3) is 2.76.